The molecular weight excluding hydrogens is 264 g/mol. The molecule has 2 rings (SSSR count). The van der Waals surface area contributed by atoms with Crippen molar-refractivity contribution < 1.29 is 9.84 Å². The number of nitrogens with zero attached hydrogens (tertiary/aromatic N) is 2. The number of imidazole rings is 1. The van der Waals surface area contributed by atoms with Gasteiger partial charge in [-0.3, -0.25) is 0 Å². The number of benzene rings is 1. The molecule has 0 aliphatic rings. The van der Waals surface area contributed by atoms with E-state index in [1.807, 2.05) is 30.5 Å². The standard InChI is InChI=1S/C14H17ClN2O2/c1-9-10(2)17(14(8-18)16-9)7-11-6-12(15)4-5-13(11)19-3/h4-6,18H,7-8H2,1-3H3. The van der Waals surface area contributed by atoms with Crippen LogP contribution in [0.25, 0.3) is 0 Å². The number of aliphatic hydroxyl groups is 1. The highest BCUT2D eigenvalue weighted by Crippen LogP contribution is 2.25. The molecule has 1 aromatic carbocycles. The molecule has 0 spiro atoms. The van der Waals surface area contributed by atoms with Gasteiger partial charge in [0.25, 0.3) is 0 Å². The van der Waals surface area contributed by atoms with Crippen LogP contribution in [0.5, 0.6) is 5.75 Å². The summed E-state index contributed by atoms with van der Waals surface area (Å²) in [4.78, 5) is 4.34. The summed E-state index contributed by atoms with van der Waals surface area (Å²) in [5, 5.41) is 10.0. The zero-order valence-electron chi connectivity index (χ0n) is 11.3. The Bertz CT molecular complexity index is 593. The van der Waals surface area contributed by atoms with Gasteiger partial charge in [0.1, 0.15) is 18.2 Å². The van der Waals surface area contributed by atoms with Gasteiger partial charge in [-0.2, -0.15) is 0 Å². The van der Waals surface area contributed by atoms with Gasteiger partial charge in [-0.15, -0.1) is 0 Å². The van der Waals surface area contributed by atoms with Crippen LogP contribution >= 0.6 is 11.6 Å². The Hall–Kier alpha value is -1.52. The third-order valence-corrected chi connectivity index (χ3v) is 3.48. The normalized spacial score (nSPS) is 10.8. The molecule has 102 valence electrons. The number of ether oxygens (including phenoxy) is 1. The molecule has 0 unspecified atom stereocenters. The molecule has 19 heavy (non-hydrogen) atoms. The van der Waals surface area contributed by atoms with Gasteiger partial charge in [-0.1, -0.05) is 11.6 Å². The summed E-state index contributed by atoms with van der Waals surface area (Å²) in [6, 6.07) is 5.51. The number of hydrogen-bond donors (Lipinski definition) is 1. The van der Waals surface area contributed by atoms with Crippen LogP contribution in [0.4, 0.5) is 0 Å². The first-order valence-electron chi connectivity index (χ1n) is 6.02. The van der Waals surface area contributed by atoms with E-state index in [0.29, 0.717) is 17.4 Å². The molecule has 1 heterocycles. The van der Waals surface area contributed by atoms with Crippen molar-refractivity contribution in [2.45, 2.75) is 27.0 Å². The summed E-state index contributed by atoms with van der Waals surface area (Å²) in [6.45, 7) is 4.41. The maximum Gasteiger partial charge on any atom is 0.135 e. The molecule has 0 radical (unpaired) electrons. The smallest absolute Gasteiger partial charge is 0.135 e. The first kappa shape index (κ1) is 13.9. The lowest BCUT2D eigenvalue weighted by Gasteiger charge is -2.13. The number of aromatic nitrogens is 2. The Labute approximate surface area is 117 Å². The van der Waals surface area contributed by atoms with Crippen LogP contribution in [0.15, 0.2) is 18.2 Å². The van der Waals surface area contributed by atoms with Gasteiger partial charge in [0, 0.05) is 16.3 Å². The minimum Gasteiger partial charge on any atom is -0.496 e. The molecule has 1 aromatic heterocycles. The molecule has 0 amide bonds. The van der Waals surface area contributed by atoms with Crippen LogP contribution in [-0.4, -0.2) is 21.8 Å². The second-order valence-electron chi connectivity index (χ2n) is 4.40. The van der Waals surface area contributed by atoms with E-state index in [9.17, 15) is 5.11 Å². The van der Waals surface area contributed by atoms with Crippen LogP contribution in [0.2, 0.25) is 5.02 Å². The highest BCUT2D eigenvalue weighted by molar-refractivity contribution is 6.30. The van der Waals surface area contributed by atoms with Gasteiger partial charge >= 0.3 is 0 Å². The van der Waals surface area contributed by atoms with E-state index >= 15 is 0 Å². The quantitative estimate of drug-likeness (QED) is 0.937. The number of aliphatic hydroxyl groups excluding tert-OH is 1. The van der Waals surface area contributed by atoms with Gasteiger partial charge in [0.05, 0.1) is 19.3 Å². The molecule has 0 saturated carbocycles. The van der Waals surface area contributed by atoms with Crippen LogP contribution in [0.3, 0.4) is 0 Å². The van der Waals surface area contributed by atoms with Crippen molar-refractivity contribution in [3.63, 3.8) is 0 Å². The Morgan fingerprint density at radius 2 is 2.11 bits per heavy atom. The topological polar surface area (TPSA) is 47.3 Å². The first-order valence-corrected chi connectivity index (χ1v) is 6.40. The van der Waals surface area contributed by atoms with Crippen molar-refractivity contribution in [1.29, 1.82) is 0 Å². The molecule has 0 atom stereocenters. The molecule has 0 bridgehead atoms. The van der Waals surface area contributed by atoms with Crippen molar-refractivity contribution >= 4 is 11.6 Å². The molecule has 0 aliphatic carbocycles. The van der Waals surface area contributed by atoms with Crippen LogP contribution in [-0.2, 0) is 13.2 Å². The van der Waals surface area contributed by atoms with Crippen LogP contribution < -0.4 is 4.74 Å². The van der Waals surface area contributed by atoms with Crippen molar-refractivity contribution in [2.75, 3.05) is 7.11 Å². The Morgan fingerprint density at radius 1 is 1.37 bits per heavy atom. The van der Waals surface area contributed by atoms with E-state index in [1.54, 1.807) is 13.2 Å². The lowest BCUT2D eigenvalue weighted by atomic mass is 10.2. The molecule has 2 aromatic rings. The Balaban J connectivity index is 2.43. The second-order valence-corrected chi connectivity index (χ2v) is 4.84. The predicted molar refractivity (Wildman–Crippen MR) is 74.7 cm³/mol. The van der Waals surface area contributed by atoms with Gasteiger partial charge in [-0.05, 0) is 32.0 Å². The minimum atomic E-state index is -0.0858. The van der Waals surface area contributed by atoms with E-state index in [4.69, 9.17) is 16.3 Å². The number of halogens is 1. The van der Waals surface area contributed by atoms with Crippen LogP contribution in [0, 0.1) is 13.8 Å². The fourth-order valence-corrected chi connectivity index (χ4v) is 2.29. The molecule has 0 fully saturated rings. The van der Waals surface area contributed by atoms with Gasteiger partial charge in [0.2, 0.25) is 0 Å². The Kier molecular flexibility index (Phi) is 4.12. The summed E-state index contributed by atoms with van der Waals surface area (Å²) in [6.07, 6.45) is 0. The summed E-state index contributed by atoms with van der Waals surface area (Å²) in [5.74, 6) is 1.43. The van der Waals surface area contributed by atoms with Crippen LogP contribution in [0.1, 0.15) is 22.8 Å². The molecule has 5 heteroatoms. The maximum atomic E-state index is 9.37. The predicted octanol–water partition coefficient (Wildman–Crippen LogP) is 2.70. The van der Waals surface area contributed by atoms with E-state index < -0.39 is 0 Å². The average Bonchev–Trinajstić information content (AvgIpc) is 2.67. The fourth-order valence-electron chi connectivity index (χ4n) is 2.10. The van der Waals surface area contributed by atoms with Crippen molar-refractivity contribution in [3.05, 3.63) is 46.0 Å². The fraction of sp³-hybridized carbons (Fsp3) is 0.357. The molecule has 1 N–H and O–H groups in total. The SMILES string of the molecule is COc1ccc(Cl)cc1Cn1c(CO)nc(C)c1C. The highest BCUT2D eigenvalue weighted by atomic mass is 35.5. The zero-order valence-corrected chi connectivity index (χ0v) is 12.0. The highest BCUT2D eigenvalue weighted by Gasteiger charge is 2.13. The van der Waals surface area contributed by atoms with E-state index in [2.05, 4.69) is 4.98 Å². The summed E-state index contributed by atoms with van der Waals surface area (Å²) >= 11 is 6.03. The monoisotopic (exact) mass is 280 g/mol. The lowest BCUT2D eigenvalue weighted by molar-refractivity contribution is 0.265. The lowest BCUT2D eigenvalue weighted by Crippen LogP contribution is -2.08. The maximum absolute atomic E-state index is 9.37. The third-order valence-electron chi connectivity index (χ3n) is 3.25. The largest absolute Gasteiger partial charge is 0.496 e. The van der Waals surface area contributed by atoms with E-state index in [0.717, 1.165) is 22.7 Å². The number of hydrogen-bond acceptors (Lipinski definition) is 3. The van der Waals surface area contributed by atoms with Gasteiger partial charge in [-0.25, -0.2) is 4.98 Å². The minimum absolute atomic E-state index is 0.0858. The van der Waals surface area contributed by atoms with E-state index in [-0.39, 0.29) is 6.61 Å². The first-order chi connectivity index (χ1) is 9.06. The average molecular weight is 281 g/mol. The van der Waals surface area contributed by atoms with E-state index in [1.165, 1.54) is 0 Å². The van der Waals surface area contributed by atoms with Crippen molar-refractivity contribution in [3.8, 4) is 5.75 Å². The number of aryl methyl sites for hydroxylation is 1. The Morgan fingerprint density at radius 3 is 2.74 bits per heavy atom. The number of rotatable bonds is 4. The summed E-state index contributed by atoms with van der Waals surface area (Å²) in [5.41, 5.74) is 2.92. The molecular formula is C14H17ClN2O2. The number of methoxy groups -OCH3 is 1. The summed E-state index contributed by atoms with van der Waals surface area (Å²) < 4.78 is 7.31. The van der Waals surface area contributed by atoms with Gasteiger partial charge in [0.15, 0.2) is 0 Å². The summed E-state index contributed by atoms with van der Waals surface area (Å²) in [7, 11) is 1.63. The van der Waals surface area contributed by atoms with Crippen molar-refractivity contribution in [2.24, 2.45) is 0 Å². The molecule has 4 nitrogen and oxygen atoms in total. The van der Waals surface area contributed by atoms with Crippen molar-refractivity contribution in [1.82, 2.24) is 9.55 Å². The van der Waals surface area contributed by atoms with Gasteiger partial charge < -0.3 is 14.4 Å². The molecule has 0 saturated heterocycles. The third kappa shape index (κ3) is 2.74. The zero-order chi connectivity index (χ0) is 14.0. The molecule has 0 aliphatic heterocycles. The second kappa shape index (κ2) is 5.63.